The number of hydrogen-bond donors (Lipinski definition) is 2. The predicted octanol–water partition coefficient (Wildman–Crippen LogP) is 2.23. The molecule has 1 atom stereocenters. The van der Waals surface area contributed by atoms with Gasteiger partial charge in [-0.3, -0.25) is 4.90 Å². The van der Waals surface area contributed by atoms with E-state index in [1.54, 1.807) is 4.90 Å². The van der Waals surface area contributed by atoms with Crippen molar-refractivity contribution in [3.05, 3.63) is 16.7 Å². The van der Waals surface area contributed by atoms with E-state index in [0.717, 1.165) is 56.7 Å². The molecule has 0 spiro atoms. The highest BCUT2D eigenvalue weighted by atomic mass is 16.5. The summed E-state index contributed by atoms with van der Waals surface area (Å²) >= 11 is 0. The Morgan fingerprint density at radius 1 is 0.968 bits per heavy atom. The zero-order valence-electron chi connectivity index (χ0n) is 19.0. The first-order valence-electron chi connectivity index (χ1n) is 12.8. The fourth-order valence-electron chi connectivity index (χ4n) is 6.35. The highest BCUT2D eigenvalue weighted by Crippen LogP contribution is 2.30. The predicted molar refractivity (Wildman–Crippen MR) is 121 cm³/mol. The van der Waals surface area contributed by atoms with Crippen molar-refractivity contribution in [1.82, 2.24) is 0 Å². The second-order valence-electron chi connectivity index (χ2n) is 10.0. The summed E-state index contributed by atoms with van der Waals surface area (Å²) in [6.45, 7) is 5.41. The fraction of sp³-hybridized carbons (Fsp3) is 0.760. The molecule has 6 heteroatoms. The molecule has 0 amide bonds. The number of nitrogens with one attached hydrogen (secondary N) is 3. The third kappa shape index (κ3) is 4.54. The Morgan fingerprint density at radius 2 is 1.68 bits per heavy atom. The van der Waals surface area contributed by atoms with Crippen molar-refractivity contribution in [3.8, 4) is 6.07 Å². The number of nitriles is 1. The lowest BCUT2D eigenvalue weighted by Gasteiger charge is -2.36. The summed E-state index contributed by atoms with van der Waals surface area (Å²) in [5.74, 6) is 2.22. The average molecular weight is 426 g/mol. The molecule has 1 saturated heterocycles. The van der Waals surface area contributed by atoms with E-state index in [-0.39, 0.29) is 0 Å². The van der Waals surface area contributed by atoms with E-state index in [0.29, 0.717) is 6.04 Å². The third-order valence-corrected chi connectivity index (χ3v) is 8.12. The van der Waals surface area contributed by atoms with Crippen LogP contribution in [0.2, 0.25) is 0 Å². The van der Waals surface area contributed by atoms with E-state index in [4.69, 9.17) is 4.74 Å². The van der Waals surface area contributed by atoms with Crippen molar-refractivity contribution in [2.45, 2.75) is 89.3 Å². The van der Waals surface area contributed by atoms with Gasteiger partial charge in [0.05, 0.1) is 50.5 Å². The Bertz CT molecular complexity index is 801. The number of hydrogen-bond acceptors (Lipinski definition) is 4. The molecule has 2 saturated carbocycles. The lowest BCUT2D eigenvalue weighted by atomic mass is 9.89. The Hall–Kier alpha value is -1.84. The van der Waals surface area contributed by atoms with Crippen LogP contribution in [0.3, 0.4) is 0 Å². The molecule has 1 aromatic heterocycles. The van der Waals surface area contributed by atoms with Gasteiger partial charge < -0.3 is 15.0 Å². The molecule has 0 bridgehead atoms. The highest BCUT2D eigenvalue weighted by Gasteiger charge is 2.36. The Morgan fingerprint density at radius 3 is 2.39 bits per heavy atom. The van der Waals surface area contributed by atoms with Crippen molar-refractivity contribution < 1.29 is 14.6 Å². The van der Waals surface area contributed by atoms with E-state index >= 15 is 0 Å². The minimum atomic E-state index is 0.555. The van der Waals surface area contributed by atoms with Crippen LogP contribution in [-0.4, -0.2) is 44.9 Å². The normalized spacial score (nSPS) is 25.6. The molecule has 1 aromatic rings. The van der Waals surface area contributed by atoms with Crippen molar-refractivity contribution in [1.29, 1.82) is 5.26 Å². The molecule has 31 heavy (non-hydrogen) atoms. The van der Waals surface area contributed by atoms with Gasteiger partial charge >= 0.3 is 0 Å². The van der Waals surface area contributed by atoms with Gasteiger partial charge in [0.25, 0.3) is 0 Å². The van der Waals surface area contributed by atoms with Crippen LogP contribution in [-0.2, 0) is 17.7 Å². The zero-order chi connectivity index (χ0) is 21.0. The van der Waals surface area contributed by atoms with Crippen molar-refractivity contribution in [2.24, 2.45) is 0 Å². The van der Waals surface area contributed by atoms with E-state index in [9.17, 15) is 5.26 Å². The molecular formula is C25H39N5O+2. The van der Waals surface area contributed by atoms with Crippen molar-refractivity contribution in [2.75, 3.05) is 43.1 Å². The van der Waals surface area contributed by atoms with Gasteiger partial charge in [-0.2, -0.15) is 5.26 Å². The van der Waals surface area contributed by atoms with Gasteiger partial charge in [-0.15, -0.1) is 0 Å². The van der Waals surface area contributed by atoms with Crippen LogP contribution in [0.1, 0.15) is 80.9 Å². The molecule has 0 radical (unpaired) electrons. The third-order valence-electron chi connectivity index (χ3n) is 8.12. The largest absolute Gasteiger partial charge is 0.375 e. The van der Waals surface area contributed by atoms with Crippen molar-refractivity contribution >= 4 is 11.6 Å². The number of fused-ring (bicyclic) bond motifs is 1. The van der Waals surface area contributed by atoms with Crippen LogP contribution in [0, 0.1) is 11.3 Å². The topological polar surface area (TPSA) is 66.9 Å². The smallest absolute Gasteiger partial charge is 0.240 e. The number of H-pyrrole nitrogens is 1. The first-order valence-corrected chi connectivity index (χ1v) is 12.8. The summed E-state index contributed by atoms with van der Waals surface area (Å²) in [6.07, 6.45) is 14.5. The summed E-state index contributed by atoms with van der Waals surface area (Å²) in [6, 6.07) is 3.95. The lowest BCUT2D eigenvalue weighted by Crippen LogP contribution is -3.15. The molecule has 1 unspecified atom stereocenters. The van der Waals surface area contributed by atoms with Crippen molar-refractivity contribution in [3.63, 3.8) is 0 Å². The standard InChI is InChI=1S/C25H37N5O/c26-17-22-21-11-12-30(20-9-5-2-6-10-20)18-23(21)24(27-19-7-3-1-4-8-19)28-25(22)29-13-15-31-16-14-29/h19-20H,1-16,18H2,(H,27,28)/p+2. The van der Waals surface area contributed by atoms with Crippen LogP contribution < -0.4 is 20.1 Å². The number of morpholine rings is 1. The zero-order valence-corrected chi connectivity index (χ0v) is 19.0. The number of nitrogens with zero attached hydrogens (tertiary/aromatic N) is 2. The van der Waals surface area contributed by atoms with Gasteiger partial charge in [0.15, 0.2) is 0 Å². The molecule has 6 nitrogen and oxygen atoms in total. The van der Waals surface area contributed by atoms with Gasteiger partial charge in [0.2, 0.25) is 11.6 Å². The molecule has 5 rings (SSSR count). The molecule has 168 valence electrons. The van der Waals surface area contributed by atoms with Gasteiger partial charge in [-0.05, 0) is 44.1 Å². The second-order valence-corrected chi connectivity index (χ2v) is 10.0. The highest BCUT2D eigenvalue weighted by molar-refractivity contribution is 5.62. The number of aromatic nitrogens is 1. The Kier molecular flexibility index (Phi) is 6.61. The molecular weight excluding hydrogens is 386 g/mol. The Balaban J connectivity index is 1.49. The maximum atomic E-state index is 10.2. The molecule has 3 heterocycles. The first-order chi connectivity index (χ1) is 15.3. The van der Waals surface area contributed by atoms with Crippen LogP contribution in [0.15, 0.2) is 0 Å². The fourth-order valence-corrected chi connectivity index (χ4v) is 6.35. The number of pyridine rings is 1. The number of rotatable bonds is 4. The van der Waals surface area contributed by atoms with E-state index in [1.165, 1.54) is 87.7 Å². The summed E-state index contributed by atoms with van der Waals surface area (Å²) in [7, 11) is 0. The summed E-state index contributed by atoms with van der Waals surface area (Å²) in [4.78, 5) is 7.83. The lowest BCUT2D eigenvalue weighted by molar-refractivity contribution is -0.942. The molecule has 2 aliphatic heterocycles. The Labute approximate surface area is 187 Å². The maximum Gasteiger partial charge on any atom is 0.240 e. The van der Waals surface area contributed by atoms with Crippen LogP contribution in [0.5, 0.6) is 0 Å². The van der Waals surface area contributed by atoms with Crippen LogP contribution in [0.4, 0.5) is 11.6 Å². The first kappa shape index (κ1) is 21.0. The van der Waals surface area contributed by atoms with E-state index < -0.39 is 0 Å². The van der Waals surface area contributed by atoms with Crippen LogP contribution >= 0.6 is 0 Å². The van der Waals surface area contributed by atoms with Gasteiger partial charge in [0.1, 0.15) is 18.2 Å². The summed E-state index contributed by atoms with van der Waals surface area (Å²) in [5, 5.41) is 14.1. The quantitative estimate of drug-likeness (QED) is 0.776. The molecule has 4 aliphatic rings. The monoisotopic (exact) mass is 425 g/mol. The van der Waals surface area contributed by atoms with E-state index in [1.807, 2.05) is 0 Å². The number of quaternary nitrogens is 1. The average Bonchev–Trinajstić information content (AvgIpc) is 2.85. The van der Waals surface area contributed by atoms with Gasteiger partial charge in [-0.1, -0.05) is 25.7 Å². The molecule has 3 fully saturated rings. The SMILES string of the molecule is N#Cc1c(N2CCOCC2)[nH+]c(NC2CCCCC2)c2c1CC[NH+](C1CCCCC1)C2. The molecule has 3 N–H and O–H groups in total. The summed E-state index contributed by atoms with van der Waals surface area (Å²) in [5.41, 5.74) is 3.58. The van der Waals surface area contributed by atoms with E-state index in [2.05, 4.69) is 21.3 Å². The number of aromatic amines is 1. The number of anilines is 2. The van der Waals surface area contributed by atoms with Gasteiger partial charge in [0, 0.05) is 6.42 Å². The van der Waals surface area contributed by atoms with Crippen LogP contribution in [0.25, 0.3) is 0 Å². The molecule has 2 aliphatic carbocycles. The second kappa shape index (κ2) is 9.75. The number of ether oxygens (including phenoxy) is 1. The van der Waals surface area contributed by atoms with Gasteiger partial charge in [-0.25, -0.2) is 4.98 Å². The maximum absolute atomic E-state index is 10.2. The summed E-state index contributed by atoms with van der Waals surface area (Å²) < 4.78 is 5.58. The minimum absolute atomic E-state index is 0.555. The molecule has 0 aromatic carbocycles. The minimum Gasteiger partial charge on any atom is -0.375 e.